The summed E-state index contributed by atoms with van der Waals surface area (Å²) in [5, 5.41) is 9.40. The lowest BCUT2D eigenvalue weighted by Gasteiger charge is -2.34. The molecule has 1 atom stereocenters. The lowest BCUT2D eigenvalue weighted by molar-refractivity contribution is 0.0745. The molecular formula is C10H22N2O. The van der Waals surface area contributed by atoms with E-state index in [1.807, 2.05) is 0 Å². The van der Waals surface area contributed by atoms with Gasteiger partial charge in [0.15, 0.2) is 0 Å². The quantitative estimate of drug-likeness (QED) is 0.688. The molecule has 3 heteroatoms. The minimum atomic E-state index is 0.0230. The number of likely N-dealkylation sites (tertiary alicyclic amines) is 1. The maximum atomic E-state index is 9.40. The van der Waals surface area contributed by atoms with Crippen LogP contribution in [0.2, 0.25) is 0 Å². The number of rotatable bonds is 4. The summed E-state index contributed by atoms with van der Waals surface area (Å²) in [4.78, 5) is 4.61. The van der Waals surface area contributed by atoms with Gasteiger partial charge < -0.3 is 14.9 Å². The predicted octanol–water partition coefficient (Wildman–Crippen LogP) is 0.395. The number of likely N-dealkylation sites (N-methyl/N-ethyl adjacent to an activating group) is 1. The Morgan fingerprint density at radius 3 is 2.54 bits per heavy atom. The smallest absolute Gasteiger partial charge is 0.0628 e. The Labute approximate surface area is 81.3 Å². The van der Waals surface area contributed by atoms with Crippen molar-refractivity contribution in [2.24, 2.45) is 0 Å². The third-order valence-electron chi connectivity index (χ3n) is 3.19. The van der Waals surface area contributed by atoms with Crippen molar-refractivity contribution in [3.8, 4) is 0 Å². The van der Waals surface area contributed by atoms with Crippen LogP contribution in [0.4, 0.5) is 0 Å². The fourth-order valence-corrected chi connectivity index (χ4v) is 2.08. The third kappa shape index (κ3) is 2.22. The first kappa shape index (κ1) is 11.0. The zero-order valence-corrected chi connectivity index (χ0v) is 9.08. The molecule has 1 fully saturated rings. The van der Waals surface area contributed by atoms with Gasteiger partial charge in [-0.1, -0.05) is 6.92 Å². The van der Waals surface area contributed by atoms with E-state index < -0.39 is 0 Å². The van der Waals surface area contributed by atoms with E-state index in [2.05, 4.69) is 30.8 Å². The maximum absolute atomic E-state index is 9.40. The van der Waals surface area contributed by atoms with Crippen LogP contribution >= 0.6 is 0 Å². The van der Waals surface area contributed by atoms with Crippen molar-refractivity contribution in [3.05, 3.63) is 0 Å². The normalized spacial score (nSPS) is 30.2. The van der Waals surface area contributed by atoms with Gasteiger partial charge in [0.2, 0.25) is 0 Å². The van der Waals surface area contributed by atoms with Crippen molar-refractivity contribution < 1.29 is 5.11 Å². The number of aliphatic hydroxyl groups excluding tert-OH is 1. The fourth-order valence-electron chi connectivity index (χ4n) is 2.08. The van der Waals surface area contributed by atoms with E-state index in [9.17, 15) is 5.11 Å². The lowest BCUT2D eigenvalue weighted by Crippen LogP contribution is -2.49. The molecule has 1 rings (SSSR count). The lowest BCUT2D eigenvalue weighted by atomic mass is 9.99. The molecule has 3 nitrogen and oxygen atoms in total. The van der Waals surface area contributed by atoms with E-state index in [0.717, 1.165) is 26.1 Å². The van der Waals surface area contributed by atoms with Gasteiger partial charge in [-0.25, -0.2) is 0 Å². The SMILES string of the molecule is CCCN1CCC(CO)(N(C)C)C1. The Kier molecular flexibility index (Phi) is 3.71. The van der Waals surface area contributed by atoms with Gasteiger partial charge in [0.25, 0.3) is 0 Å². The van der Waals surface area contributed by atoms with Crippen molar-refractivity contribution >= 4 is 0 Å². The van der Waals surface area contributed by atoms with Crippen LogP contribution in [-0.4, -0.2) is 60.8 Å². The Bertz CT molecular complexity index is 161. The fraction of sp³-hybridized carbons (Fsp3) is 1.00. The summed E-state index contributed by atoms with van der Waals surface area (Å²) < 4.78 is 0. The molecule has 1 aliphatic heterocycles. The Morgan fingerprint density at radius 1 is 1.46 bits per heavy atom. The number of nitrogens with zero attached hydrogens (tertiary/aromatic N) is 2. The molecule has 13 heavy (non-hydrogen) atoms. The summed E-state index contributed by atoms with van der Waals surface area (Å²) >= 11 is 0. The second-order valence-corrected chi connectivity index (χ2v) is 4.30. The van der Waals surface area contributed by atoms with E-state index in [1.54, 1.807) is 0 Å². The van der Waals surface area contributed by atoms with Crippen LogP contribution in [0.1, 0.15) is 19.8 Å². The van der Waals surface area contributed by atoms with Crippen molar-refractivity contribution in [3.63, 3.8) is 0 Å². The first-order valence-electron chi connectivity index (χ1n) is 5.15. The highest BCUT2D eigenvalue weighted by molar-refractivity contribution is 4.96. The van der Waals surface area contributed by atoms with Gasteiger partial charge in [-0.15, -0.1) is 0 Å². The van der Waals surface area contributed by atoms with Crippen LogP contribution in [0.15, 0.2) is 0 Å². The molecular weight excluding hydrogens is 164 g/mol. The van der Waals surface area contributed by atoms with E-state index >= 15 is 0 Å². The highest BCUT2D eigenvalue weighted by atomic mass is 16.3. The zero-order chi connectivity index (χ0) is 9.90. The first-order valence-corrected chi connectivity index (χ1v) is 5.15. The van der Waals surface area contributed by atoms with Crippen LogP contribution < -0.4 is 0 Å². The third-order valence-corrected chi connectivity index (χ3v) is 3.19. The Morgan fingerprint density at radius 2 is 2.15 bits per heavy atom. The van der Waals surface area contributed by atoms with Gasteiger partial charge in [0.1, 0.15) is 0 Å². The molecule has 0 bridgehead atoms. The molecule has 0 amide bonds. The maximum Gasteiger partial charge on any atom is 0.0628 e. The van der Waals surface area contributed by atoms with Crippen LogP contribution in [0.5, 0.6) is 0 Å². The largest absolute Gasteiger partial charge is 0.394 e. The van der Waals surface area contributed by atoms with Gasteiger partial charge in [-0.2, -0.15) is 0 Å². The summed E-state index contributed by atoms with van der Waals surface area (Å²) in [6.07, 6.45) is 2.30. The molecule has 0 aliphatic carbocycles. The monoisotopic (exact) mass is 186 g/mol. The van der Waals surface area contributed by atoms with Crippen LogP contribution in [0.25, 0.3) is 0 Å². The van der Waals surface area contributed by atoms with Crippen LogP contribution in [0.3, 0.4) is 0 Å². The Balaban J connectivity index is 2.52. The Hall–Kier alpha value is -0.120. The van der Waals surface area contributed by atoms with Crippen LogP contribution in [-0.2, 0) is 0 Å². The minimum absolute atomic E-state index is 0.0230. The van der Waals surface area contributed by atoms with Gasteiger partial charge in [-0.3, -0.25) is 0 Å². The van der Waals surface area contributed by atoms with E-state index in [0.29, 0.717) is 0 Å². The molecule has 78 valence electrons. The molecule has 0 aromatic carbocycles. The highest BCUT2D eigenvalue weighted by Gasteiger charge is 2.38. The first-order chi connectivity index (χ1) is 6.14. The van der Waals surface area contributed by atoms with E-state index in [4.69, 9.17) is 0 Å². The van der Waals surface area contributed by atoms with E-state index in [-0.39, 0.29) is 12.1 Å². The molecule has 0 aromatic rings. The van der Waals surface area contributed by atoms with Gasteiger partial charge in [0.05, 0.1) is 12.1 Å². The molecule has 1 saturated heterocycles. The predicted molar refractivity (Wildman–Crippen MR) is 54.9 cm³/mol. The molecule has 0 spiro atoms. The zero-order valence-electron chi connectivity index (χ0n) is 9.08. The van der Waals surface area contributed by atoms with Crippen molar-refractivity contribution in [2.75, 3.05) is 40.3 Å². The standard InChI is InChI=1S/C10H22N2O/c1-4-6-12-7-5-10(8-12,9-13)11(2)3/h13H,4-9H2,1-3H3. The summed E-state index contributed by atoms with van der Waals surface area (Å²) in [7, 11) is 4.12. The van der Waals surface area contributed by atoms with Crippen molar-refractivity contribution in [1.29, 1.82) is 0 Å². The van der Waals surface area contributed by atoms with Crippen molar-refractivity contribution in [1.82, 2.24) is 9.80 Å². The van der Waals surface area contributed by atoms with Crippen LogP contribution in [0, 0.1) is 0 Å². The number of hydrogen-bond acceptors (Lipinski definition) is 3. The second-order valence-electron chi connectivity index (χ2n) is 4.30. The molecule has 0 radical (unpaired) electrons. The minimum Gasteiger partial charge on any atom is -0.394 e. The van der Waals surface area contributed by atoms with Gasteiger partial charge in [-0.05, 0) is 33.5 Å². The molecule has 1 unspecified atom stereocenters. The molecule has 1 aliphatic rings. The summed E-state index contributed by atoms with van der Waals surface area (Å²) in [6.45, 7) is 5.79. The second kappa shape index (κ2) is 4.40. The number of aliphatic hydroxyl groups is 1. The van der Waals surface area contributed by atoms with Crippen molar-refractivity contribution in [2.45, 2.75) is 25.3 Å². The van der Waals surface area contributed by atoms with E-state index in [1.165, 1.54) is 6.42 Å². The summed E-state index contributed by atoms with van der Waals surface area (Å²) in [5.41, 5.74) is 0.0230. The van der Waals surface area contributed by atoms with Gasteiger partial charge in [0, 0.05) is 13.1 Å². The average Bonchev–Trinajstić information content (AvgIpc) is 2.50. The summed E-state index contributed by atoms with van der Waals surface area (Å²) in [5.74, 6) is 0. The highest BCUT2D eigenvalue weighted by Crippen LogP contribution is 2.25. The summed E-state index contributed by atoms with van der Waals surface area (Å²) in [6, 6.07) is 0. The molecule has 1 N–H and O–H groups in total. The topological polar surface area (TPSA) is 26.7 Å². The molecule has 0 saturated carbocycles. The molecule has 1 heterocycles. The van der Waals surface area contributed by atoms with Gasteiger partial charge >= 0.3 is 0 Å². The number of hydrogen-bond donors (Lipinski definition) is 1. The molecule has 0 aromatic heterocycles. The average molecular weight is 186 g/mol.